The Labute approximate surface area is 402 Å². The second kappa shape index (κ2) is 18.8. The summed E-state index contributed by atoms with van der Waals surface area (Å²) >= 11 is -2.32. The maximum Gasteiger partial charge on any atom is 0 e. The van der Waals surface area contributed by atoms with Crippen molar-refractivity contribution in [3.05, 3.63) is 167 Å². The molecule has 1 radical (unpaired) electrons. The van der Waals surface area contributed by atoms with Crippen LogP contribution >= 0.6 is 0 Å². The van der Waals surface area contributed by atoms with Crippen molar-refractivity contribution < 1.29 is 30.0 Å². The van der Waals surface area contributed by atoms with Crippen LogP contribution in [-0.4, -0.2) is 27.8 Å². The van der Waals surface area contributed by atoms with Gasteiger partial charge in [0.2, 0.25) is 0 Å². The van der Waals surface area contributed by atoms with Crippen molar-refractivity contribution in [2.75, 3.05) is 0 Å². The van der Waals surface area contributed by atoms with Gasteiger partial charge in [0.05, 0.1) is 22.4 Å². The second-order valence-corrected chi connectivity index (χ2v) is 30.0. The molecule has 0 N–H and O–H groups in total. The molecule has 6 heteroatoms. The van der Waals surface area contributed by atoms with Crippen LogP contribution in [0.1, 0.15) is 93.6 Å². The third kappa shape index (κ3) is 9.78. The van der Waals surface area contributed by atoms with Gasteiger partial charge in [-0.15, -0.1) is 18.2 Å². The summed E-state index contributed by atoms with van der Waals surface area (Å²) < 4.78 is 42.5. The predicted octanol–water partition coefficient (Wildman–Crippen LogP) is 15.6. The second-order valence-electron chi connectivity index (χ2n) is 19.4. The van der Waals surface area contributed by atoms with E-state index in [1.807, 2.05) is 45.2 Å². The molecule has 0 fully saturated rings. The minimum atomic E-state index is -2.32. The van der Waals surface area contributed by atoms with E-state index >= 15 is 0 Å². The van der Waals surface area contributed by atoms with Crippen molar-refractivity contribution in [2.45, 2.75) is 97.7 Å². The molecule has 4 nitrogen and oxygen atoms in total. The summed E-state index contributed by atoms with van der Waals surface area (Å²) in [5.41, 5.74) is 14.3. The average molecular weight is 1080 g/mol. The number of hydrogen-bond acceptors (Lipinski definition) is 3. The largest absolute Gasteiger partial charge is 0 e. The summed E-state index contributed by atoms with van der Waals surface area (Å²) in [7, 11) is 0. The van der Waals surface area contributed by atoms with Gasteiger partial charge in [-0.2, -0.15) is 0 Å². The molecule has 0 aliphatic heterocycles. The Balaban J connectivity index is 0.000000220. The Bertz CT molecular complexity index is 3210. The molecule has 0 atom stereocenters. The number of fused-ring (bicyclic) bond motifs is 4. The molecule has 0 amide bonds. The number of nitrogens with zero attached hydrogens (tertiary/aromatic N) is 3. The summed E-state index contributed by atoms with van der Waals surface area (Å²) in [6.45, 7) is 16.0. The normalized spacial score (nSPS) is 13.2. The van der Waals surface area contributed by atoms with Crippen LogP contribution in [0.25, 0.3) is 72.4 Å². The molecule has 3 heterocycles. The summed E-state index contributed by atoms with van der Waals surface area (Å²) in [5, 5.41) is 2.20. The van der Waals surface area contributed by atoms with Gasteiger partial charge in [0.25, 0.3) is 0 Å². The monoisotopic (exact) mass is 1090 g/mol. The number of benzene rings is 6. The first-order chi connectivity index (χ1) is 31.6. The van der Waals surface area contributed by atoms with E-state index in [1.54, 1.807) is 12.1 Å². The molecule has 0 unspecified atom stereocenters. The van der Waals surface area contributed by atoms with Crippen LogP contribution in [0.15, 0.2) is 132 Å². The predicted molar refractivity (Wildman–Crippen MR) is 270 cm³/mol. The van der Waals surface area contributed by atoms with E-state index in [0.717, 1.165) is 59.9 Å². The number of para-hydroxylation sites is 2. The summed E-state index contributed by atoms with van der Waals surface area (Å²) in [4.78, 5) is 9.85. The molecule has 6 aromatic carbocycles. The van der Waals surface area contributed by atoms with E-state index in [4.69, 9.17) is 14.9 Å². The number of aryl methyl sites for hydroxylation is 2. The van der Waals surface area contributed by atoms with Gasteiger partial charge >= 0.3 is 144 Å². The Kier molecular flexibility index (Phi) is 12.2. The van der Waals surface area contributed by atoms with Crippen LogP contribution in [0.2, 0.25) is 17.3 Å². The fraction of sp³-hybridized carbons (Fsp3) is 0.276. The number of hydrogen-bond donors (Lipinski definition) is 0. The van der Waals surface area contributed by atoms with Gasteiger partial charge in [-0.05, 0) is 76.9 Å². The quantitative estimate of drug-likeness (QED) is 0.112. The fourth-order valence-electron chi connectivity index (χ4n) is 8.35. The standard InChI is InChI=1S/C38H33N2O.C20H28GeN.Ir/c1-23(2)31-21-27(26-12-7-6-8-13-26)22-32(24(3)4)36(31)40-34-17-10-9-16-33(34)39-38(40)30-15-11-14-29-28-19-18-25(5)20-35(28)41-37(29)30;1-15-8-10-16(11-9-15)19-12-17(13-20(2,3)4)18(14-22-19)21(5,6)7;/h6-14,16-24H,1-5H3;8-10,12,14H,13H2,1-7H3;/q2*-1;/i;1D2,13D2;. The summed E-state index contributed by atoms with van der Waals surface area (Å²) in [6, 6.07) is 48.1. The van der Waals surface area contributed by atoms with Crippen molar-refractivity contribution in [3.63, 3.8) is 0 Å². The van der Waals surface area contributed by atoms with Crippen molar-refractivity contribution in [2.24, 2.45) is 5.41 Å². The molecule has 0 bridgehead atoms. The van der Waals surface area contributed by atoms with E-state index in [-0.39, 0.29) is 20.1 Å². The van der Waals surface area contributed by atoms with Crippen LogP contribution in [0.4, 0.5) is 0 Å². The fourth-order valence-corrected chi connectivity index (χ4v) is 11.3. The average Bonchev–Trinajstić information content (AvgIpc) is 3.86. The van der Waals surface area contributed by atoms with Crippen molar-refractivity contribution >= 4 is 50.6 Å². The molecule has 0 aliphatic rings. The van der Waals surface area contributed by atoms with Crippen LogP contribution in [0, 0.1) is 31.3 Å². The van der Waals surface area contributed by atoms with Gasteiger partial charge in [0.1, 0.15) is 5.58 Å². The molecule has 9 rings (SSSR count). The van der Waals surface area contributed by atoms with Gasteiger partial charge in [0.15, 0.2) is 0 Å². The first kappa shape index (κ1) is 41.6. The molecule has 64 heavy (non-hydrogen) atoms. The zero-order valence-corrected chi connectivity index (χ0v) is 43.4. The van der Waals surface area contributed by atoms with Crippen LogP contribution in [-0.2, 0) is 26.5 Å². The Morgan fingerprint density at radius 2 is 1.47 bits per heavy atom. The third-order valence-electron chi connectivity index (χ3n) is 11.5. The van der Waals surface area contributed by atoms with Crippen LogP contribution in [0.3, 0.4) is 0 Å². The molecule has 0 saturated heterocycles. The first-order valence-electron chi connectivity index (χ1n) is 24.2. The van der Waals surface area contributed by atoms with E-state index in [1.165, 1.54) is 33.5 Å². The first-order valence-corrected chi connectivity index (χ1v) is 29.4. The van der Waals surface area contributed by atoms with Crippen LogP contribution in [0.5, 0.6) is 0 Å². The smallest absolute Gasteiger partial charge is 0 e. The van der Waals surface area contributed by atoms with E-state index in [2.05, 4.69) is 165 Å². The molecule has 3 aromatic heterocycles. The van der Waals surface area contributed by atoms with Gasteiger partial charge in [-0.3, -0.25) is 4.98 Å². The molecular formula is C58H61GeIrN3O-2. The van der Waals surface area contributed by atoms with Crippen LogP contribution < -0.4 is 4.40 Å². The van der Waals surface area contributed by atoms with E-state index < -0.39 is 31.9 Å². The molecule has 9 aromatic rings. The van der Waals surface area contributed by atoms with Crippen molar-refractivity contribution in [1.29, 1.82) is 0 Å². The zero-order chi connectivity index (χ0) is 48.2. The topological polar surface area (TPSA) is 43.9 Å². The number of rotatable bonds is 8. The Morgan fingerprint density at radius 3 is 2.11 bits per heavy atom. The zero-order valence-electron chi connectivity index (χ0n) is 42.9. The molecule has 329 valence electrons. The van der Waals surface area contributed by atoms with Gasteiger partial charge in [0, 0.05) is 31.2 Å². The van der Waals surface area contributed by atoms with Gasteiger partial charge < -0.3 is 8.98 Å². The number of pyridine rings is 1. The third-order valence-corrected chi connectivity index (χ3v) is 15.7. The summed E-state index contributed by atoms with van der Waals surface area (Å²) in [6.07, 6.45) is 0.375. The SMILES string of the molecule is Cc1ccc2c(c1)oc1c(-c3nc4ccccc4n3-c3c(C(C)C)cc(-c4ccccc4)cc3C(C)C)[c-]ccc12.[2H]C([2H])c1c[c-]c(-c2cc(C([2H])([2H])C(C)(C)C)[c]([Ge]([CH3])([CH3])[CH3])cn2)cc1.[Ir]. The minimum absolute atomic E-state index is 0. The van der Waals surface area contributed by atoms with E-state index in [0.29, 0.717) is 23.1 Å². The maximum absolute atomic E-state index is 8.80. The van der Waals surface area contributed by atoms with Gasteiger partial charge in [-0.1, -0.05) is 93.2 Å². The Hall–Kier alpha value is -5.07. The van der Waals surface area contributed by atoms with Gasteiger partial charge in [-0.25, -0.2) is 0 Å². The van der Waals surface area contributed by atoms with E-state index in [9.17, 15) is 0 Å². The molecule has 0 saturated carbocycles. The van der Waals surface area contributed by atoms with Crippen molar-refractivity contribution in [1.82, 2.24) is 14.5 Å². The number of furan rings is 1. The number of imidazole rings is 1. The molecule has 0 spiro atoms. The molecule has 0 aliphatic carbocycles. The maximum atomic E-state index is 8.80. The minimum Gasteiger partial charge on any atom is 0 e. The summed E-state index contributed by atoms with van der Waals surface area (Å²) in [5.74, 6) is 8.21. The number of aromatic nitrogens is 3. The Morgan fingerprint density at radius 1 is 0.781 bits per heavy atom. The molecular weight excluding hydrogens is 1020 g/mol. The van der Waals surface area contributed by atoms with Crippen molar-refractivity contribution in [3.8, 4) is 39.5 Å².